The summed E-state index contributed by atoms with van der Waals surface area (Å²) in [6, 6.07) is 4.99. The number of benzene rings is 1. The Morgan fingerprint density at radius 2 is 2.05 bits per heavy atom. The number of aliphatic carboxylic acids is 1. The van der Waals surface area contributed by atoms with Crippen LogP contribution in [0.4, 0.5) is 0 Å². The predicted molar refractivity (Wildman–Crippen MR) is 82.2 cm³/mol. The average Bonchev–Trinajstić information content (AvgIpc) is 2.92. The van der Waals surface area contributed by atoms with Crippen molar-refractivity contribution in [1.82, 2.24) is 4.90 Å². The number of rotatable bonds is 5. The highest BCUT2D eigenvalue weighted by Crippen LogP contribution is 2.49. The van der Waals surface area contributed by atoms with Crippen molar-refractivity contribution in [3.05, 3.63) is 35.0 Å². The quantitative estimate of drug-likeness (QED) is 0.857. The van der Waals surface area contributed by atoms with E-state index in [0.29, 0.717) is 22.7 Å². The van der Waals surface area contributed by atoms with Crippen LogP contribution in [-0.2, 0) is 4.79 Å². The van der Waals surface area contributed by atoms with Gasteiger partial charge in [-0.15, -0.1) is 0 Å². The van der Waals surface area contributed by atoms with Crippen molar-refractivity contribution in [3.8, 4) is 0 Å². The Kier molecular flexibility index (Phi) is 3.70. The molecule has 0 amide bonds. The summed E-state index contributed by atoms with van der Waals surface area (Å²) < 4.78 is 5.25. The van der Waals surface area contributed by atoms with Gasteiger partial charge in [0.05, 0.1) is 17.2 Å². The Morgan fingerprint density at radius 3 is 2.68 bits per heavy atom. The van der Waals surface area contributed by atoms with Gasteiger partial charge in [0.15, 0.2) is 11.4 Å². The molecular weight excluding hydrogens is 306 g/mol. The SMILES string of the molecule is CN(C)CC1C(C(=O)O)C1C(=O)c1cc(Cl)c2occc2c1. The third kappa shape index (κ3) is 2.51. The maximum absolute atomic E-state index is 12.7. The van der Waals surface area contributed by atoms with Gasteiger partial charge in [-0.25, -0.2) is 0 Å². The van der Waals surface area contributed by atoms with Crippen molar-refractivity contribution in [2.24, 2.45) is 17.8 Å². The van der Waals surface area contributed by atoms with Crippen molar-refractivity contribution in [1.29, 1.82) is 0 Å². The van der Waals surface area contributed by atoms with Crippen LogP contribution in [0, 0.1) is 17.8 Å². The van der Waals surface area contributed by atoms with Crippen molar-refractivity contribution in [3.63, 3.8) is 0 Å². The number of carbonyl (C=O) groups is 2. The summed E-state index contributed by atoms with van der Waals surface area (Å²) >= 11 is 6.12. The first kappa shape index (κ1) is 15.1. The lowest BCUT2D eigenvalue weighted by atomic mass is 10.0. The molecule has 22 heavy (non-hydrogen) atoms. The maximum atomic E-state index is 12.7. The molecule has 1 aliphatic rings. The molecule has 0 bridgehead atoms. The number of ketones is 1. The molecule has 5 nitrogen and oxygen atoms in total. The van der Waals surface area contributed by atoms with Crippen LogP contribution in [-0.4, -0.2) is 42.4 Å². The molecule has 2 aromatic rings. The summed E-state index contributed by atoms with van der Waals surface area (Å²) in [7, 11) is 3.74. The highest BCUT2D eigenvalue weighted by Gasteiger charge is 2.58. The first-order chi connectivity index (χ1) is 10.4. The van der Waals surface area contributed by atoms with E-state index >= 15 is 0 Å². The zero-order valence-electron chi connectivity index (χ0n) is 12.2. The smallest absolute Gasteiger partial charge is 0.307 e. The Morgan fingerprint density at radius 1 is 1.32 bits per heavy atom. The Labute approximate surface area is 132 Å². The molecule has 0 saturated heterocycles. The van der Waals surface area contributed by atoms with Crippen molar-refractivity contribution in [2.45, 2.75) is 0 Å². The second-order valence-corrected chi connectivity index (χ2v) is 6.38. The zero-order valence-corrected chi connectivity index (χ0v) is 13.0. The van der Waals surface area contributed by atoms with Crippen LogP contribution in [0.15, 0.2) is 28.9 Å². The summed E-state index contributed by atoms with van der Waals surface area (Å²) in [5.41, 5.74) is 0.977. The van der Waals surface area contributed by atoms with Gasteiger partial charge in [0.25, 0.3) is 0 Å². The molecule has 0 spiro atoms. The van der Waals surface area contributed by atoms with Crippen LogP contribution in [0.3, 0.4) is 0 Å². The number of carbonyl (C=O) groups excluding carboxylic acids is 1. The van der Waals surface area contributed by atoms with E-state index in [4.69, 9.17) is 16.0 Å². The highest BCUT2D eigenvalue weighted by atomic mass is 35.5. The van der Waals surface area contributed by atoms with E-state index in [9.17, 15) is 14.7 Å². The Hall–Kier alpha value is -1.85. The molecule has 1 aliphatic carbocycles. The minimum atomic E-state index is -0.916. The molecule has 1 aromatic carbocycles. The van der Waals surface area contributed by atoms with Crippen LogP contribution in [0.2, 0.25) is 5.02 Å². The predicted octanol–water partition coefficient (Wildman–Crippen LogP) is 2.78. The van der Waals surface area contributed by atoms with Crippen LogP contribution in [0.25, 0.3) is 11.0 Å². The number of hydrogen-bond acceptors (Lipinski definition) is 4. The Bertz CT molecular complexity index is 752. The lowest BCUT2D eigenvalue weighted by molar-refractivity contribution is -0.139. The van der Waals surface area contributed by atoms with E-state index in [1.807, 2.05) is 19.0 Å². The second kappa shape index (κ2) is 5.41. The number of halogens is 1. The molecule has 6 heteroatoms. The molecule has 1 heterocycles. The molecule has 1 N–H and O–H groups in total. The molecule has 116 valence electrons. The normalized spacial score (nSPS) is 23.9. The van der Waals surface area contributed by atoms with Gasteiger partial charge in [0.1, 0.15) is 0 Å². The standard InChI is InChI=1S/C16H16ClNO4/c1-18(2)7-10-12(13(10)16(20)21)14(19)9-5-8-3-4-22-15(8)11(17)6-9/h3-6,10,12-13H,7H2,1-2H3,(H,20,21). The third-order valence-electron chi connectivity index (χ3n) is 4.12. The summed E-state index contributed by atoms with van der Waals surface area (Å²) in [5.74, 6) is -2.34. The van der Waals surface area contributed by atoms with Gasteiger partial charge in [-0.05, 0) is 38.2 Å². The fourth-order valence-corrected chi connectivity index (χ4v) is 3.36. The van der Waals surface area contributed by atoms with Crippen LogP contribution >= 0.6 is 11.6 Å². The molecule has 3 rings (SSSR count). The molecule has 0 radical (unpaired) electrons. The molecule has 3 unspecified atom stereocenters. The van der Waals surface area contributed by atoms with E-state index in [1.165, 1.54) is 6.26 Å². The van der Waals surface area contributed by atoms with E-state index in [1.54, 1.807) is 18.2 Å². The lowest BCUT2D eigenvalue weighted by Crippen LogP contribution is -2.17. The first-order valence-corrected chi connectivity index (χ1v) is 7.36. The molecule has 0 aliphatic heterocycles. The molecule has 1 saturated carbocycles. The van der Waals surface area contributed by atoms with E-state index < -0.39 is 17.8 Å². The van der Waals surface area contributed by atoms with Gasteiger partial charge >= 0.3 is 5.97 Å². The summed E-state index contributed by atoms with van der Waals surface area (Å²) in [5, 5.41) is 10.4. The number of Topliss-reactive ketones (excluding diaryl/α,β-unsaturated/α-hetero) is 1. The van der Waals surface area contributed by atoms with Crippen molar-refractivity contribution >= 4 is 34.3 Å². The average molecular weight is 322 g/mol. The van der Waals surface area contributed by atoms with Crippen molar-refractivity contribution < 1.29 is 19.1 Å². The van der Waals surface area contributed by atoms with Crippen molar-refractivity contribution in [2.75, 3.05) is 20.6 Å². The largest absolute Gasteiger partial charge is 0.481 e. The topological polar surface area (TPSA) is 70.8 Å². The zero-order chi connectivity index (χ0) is 16.0. The summed E-state index contributed by atoms with van der Waals surface area (Å²) in [4.78, 5) is 25.9. The van der Waals surface area contributed by atoms with E-state index in [0.717, 1.165) is 5.39 Å². The molecule has 1 fully saturated rings. The molecule has 3 atom stereocenters. The Balaban J connectivity index is 1.90. The fourth-order valence-electron chi connectivity index (χ4n) is 3.09. The number of hydrogen-bond donors (Lipinski definition) is 1. The van der Waals surface area contributed by atoms with Gasteiger partial charge in [0, 0.05) is 23.4 Å². The number of furan rings is 1. The highest BCUT2D eigenvalue weighted by molar-refractivity contribution is 6.35. The minimum absolute atomic E-state index is 0.154. The van der Waals surface area contributed by atoms with Crippen LogP contribution in [0.1, 0.15) is 10.4 Å². The van der Waals surface area contributed by atoms with Gasteiger partial charge in [-0.2, -0.15) is 0 Å². The third-order valence-corrected chi connectivity index (χ3v) is 4.40. The number of nitrogens with zero attached hydrogens (tertiary/aromatic N) is 1. The lowest BCUT2D eigenvalue weighted by Gasteiger charge is -2.08. The number of carboxylic acids is 1. The molecule has 1 aromatic heterocycles. The van der Waals surface area contributed by atoms with Gasteiger partial charge in [0.2, 0.25) is 0 Å². The van der Waals surface area contributed by atoms with E-state index in [-0.39, 0.29) is 11.7 Å². The summed E-state index contributed by atoms with van der Waals surface area (Å²) in [6.07, 6.45) is 1.51. The van der Waals surface area contributed by atoms with E-state index in [2.05, 4.69) is 0 Å². The first-order valence-electron chi connectivity index (χ1n) is 6.98. The van der Waals surface area contributed by atoms with Crippen LogP contribution in [0.5, 0.6) is 0 Å². The number of carboxylic acid groups (broad SMARTS) is 1. The monoisotopic (exact) mass is 321 g/mol. The minimum Gasteiger partial charge on any atom is -0.481 e. The maximum Gasteiger partial charge on any atom is 0.307 e. The van der Waals surface area contributed by atoms with Gasteiger partial charge in [-0.3, -0.25) is 9.59 Å². The summed E-state index contributed by atoms with van der Waals surface area (Å²) in [6.45, 7) is 0.578. The van der Waals surface area contributed by atoms with Gasteiger partial charge in [-0.1, -0.05) is 11.6 Å². The second-order valence-electron chi connectivity index (χ2n) is 5.98. The molecular formula is C16H16ClNO4. The fraction of sp³-hybridized carbons (Fsp3) is 0.375. The van der Waals surface area contributed by atoms with Crippen LogP contribution < -0.4 is 0 Å². The number of fused-ring (bicyclic) bond motifs is 1. The van der Waals surface area contributed by atoms with Gasteiger partial charge < -0.3 is 14.4 Å².